The van der Waals surface area contributed by atoms with Gasteiger partial charge >= 0.3 is 0 Å². The molecule has 7 aromatic carbocycles. The molecule has 0 unspecified atom stereocenters. The van der Waals surface area contributed by atoms with Crippen molar-refractivity contribution in [1.82, 2.24) is 0 Å². The van der Waals surface area contributed by atoms with Crippen molar-refractivity contribution in [3.05, 3.63) is 164 Å². The molecule has 0 atom stereocenters. The van der Waals surface area contributed by atoms with Gasteiger partial charge in [-0.05, 0) is 76.2 Å². The average Bonchev–Trinajstić information content (AvgIpc) is 3.46. The van der Waals surface area contributed by atoms with Crippen molar-refractivity contribution < 1.29 is 4.42 Å². The molecule has 42 heavy (non-hydrogen) atoms. The molecule has 0 spiro atoms. The van der Waals surface area contributed by atoms with Crippen LogP contribution in [0.25, 0.3) is 55.0 Å². The molecule has 0 saturated carbocycles. The summed E-state index contributed by atoms with van der Waals surface area (Å²) in [6.45, 7) is 0. The molecule has 198 valence electrons. The summed E-state index contributed by atoms with van der Waals surface area (Å²) in [6.07, 6.45) is 0. The third-order valence-corrected chi connectivity index (χ3v) is 8.05. The SMILES string of the molecule is c1ccc(-c2cccc(-c3ccc(N(c4ccccc4)c4cccc5oc6c7ccccc7ccc6c45)cc3)c2)cc1. The molecule has 8 aromatic rings. The Balaban J connectivity index is 1.27. The number of benzene rings is 7. The molecule has 0 saturated heterocycles. The van der Waals surface area contributed by atoms with Gasteiger partial charge in [-0.25, -0.2) is 0 Å². The Hall–Kier alpha value is -5.60. The Morgan fingerprint density at radius 1 is 0.405 bits per heavy atom. The fourth-order valence-corrected chi connectivity index (χ4v) is 6.04. The molecule has 0 bridgehead atoms. The molecule has 0 aliphatic heterocycles. The summed E-state index contributed by atoms with van der Waals surface area (Å²) < 4.78 is 6.53. The van der Waals surface area contributed by atoms with Crippen LogP contribution in [0.15, 0.2) is 168 Å². The zero-order chi connectivity index (χ0) is 27.9. The smallest absolute Gasteiger partial charge is 0.143 e. The minimum absolute atomic E-state index is 0.883. The van der Waals surface area contributed by atoms with Crippen LogP contribution >= 0.6 is 0 Å². The predicted octanol–water partition coefficient (Wildman–Crippen LogP) is 11.5. The number of hydrogen-bond donors (Lipinski definition) is 0. The lowest BCUT2D eigenvalue weighted by molar-refractivity contribution is 0.672. The summed E-state index contributed by atoms with van der Waals surface area (Å²) in [7, 11) is 0. The van der Waals surface area contributed by atoms with Crippen LogP contribution < -0.4 is 4.90 Å². The molecule has 0 N–H and O–H groups in total. The van der Waals surface area contributed by atoms with E-state index in [2.05, 4.69) is 169 Å². The van der Waals surface area contributed by atoms with Gasteiger partial charge in [0.1, 0.15) is 11.2 Å². The van der Waals surface area contributed by atoms with Crippen LogP contribution in [0.3, 0.4) is 0 Å². The van der Waals surface area contributed by atoms with Gasteiger partial charge in [0.05, 0.1) is 11.1 Å². The van der Waals surface area contributed by atoms with Gasteiger partial charge in [0.15, 0.2) is 0 Å². The highest BCUT2D eigenvalue weighted by molar-refractivity contribution is 6.19. The monoisotopic (exact) mass is 537 g/mol. The Kier molecular flexibility index (Phi) is 5.82. The summed E-state index contributed by atoms with van der Waals surface area (Å²) >= 11 is 0. The summed E-state index contributed by atoms with van der Waals surface area (Å²) in [5.74, 6) is 0. The van der Waals surface area contributed by atoms with E-state index in [0.717, 1.165) is 44.4 Å². The molecule has 8 rings (SSSR count). The standard InChI is InChI=1S/C40H27NO/c1-3-11-28(12-4-1)31-14-9-15-32(27-31)29-21-24-34(25-22-29)41(33-16-5-2-6-17-33)37-19-10-20-38-39(37)36-26-23-30-13-7-8-18-35(30)40(36)42-38/h1-27H. The van der Waals surface area contributed by atoms with E-state index in [1.54, 1.807) is 0 Å². The van der Waals surface area contributed by atoms with Crippen molar-refractivity contribution in [2.75, 3.05) is 4.90 Å². The van der Waals surface area contributed by atoms with E-state index in [1.807, 2.05) is 0 Å². The van der Waals surface area contributed by atoms with E-state index in [4.69, 9.17) is 4.42 Å². The molecule has 1 heterocycles. The lowest BCUT2D eigenvalue weighted by Crippen LogP contribution is -2.10. The van der Waals surface area contributed by atoms with Gasteiger partial charge in [0.2, 0.25) is 0 Å². The number of para-hydroxylation sites is 1. The minimum Gasteiger partial charge on any atom is -0.455 e. The predicted molar refractivity (Wildman–Crippen MR) is 177 cm³/mol. The van der Waals surface area contributed by atoms with Crippen molar-refractivity contribution in [2.24, 2.45) is 0 Å². The van der Waals surface area contributed by atoms with Crippen LogP contribution in [0.2, 0.25) is 0 Å². The van der Waals surface area contributed by atoms with Gasteiger partial charge in [-0.3, -0.25) is 0 Å². The molecule has 2 nitrogen and oxygen atoms in total. The first-order chi connectivity index (χ1) is 20.8. The fourth-order valence-electron chi connectivity index (χ4n) is 6.04. The first-order valence-corrected chi connectivity index (χ1v) is 14.3. The van der Waals surface area contributed by atoms with E-state index in [0.29, 0.717) is 0 Å². The molecule has 0 aliphatic carbocycles. The number of anilines is 3. The van der Waals surface area contributed by atoms with Gasteiger partial charge in [-0.15, -0.1) is 0 Å². The second-order valence-corrected chi connectivity index (χ2v) is 10.6. The molecule has 0 amide bonds. The second-order valence-electron chi connectivity index (χ2n) is 10.6. The number of nitrogens with zero attached hydrogens (tertiary/aromatic N) is 1. The fraction of sp³-hybridized carbons (Fsp3) is 0. The molecular formula is C40H27NO. The molecule has 2 heteroatoms. The second kappa shape index (κ2) is 10.1. The van der Waals surface area contributed by atoms with Crippen molar-refractivity contribution >= 4 is 49.8 Å². The normalized spacial score (nSPS) is 11.3. The van der Waals surface area contributed by atoms with E-state index >= 15 is 0 Å². The molecular weight excluding hydrogens is 510 g/mol. The van der Waals surface area contributed by atoms with Crippen LogP contribution in [0.5, 0.6) is 0 Å². The van der Waals surface area contributed by atoms with Crippen molar-refractivity contribution in [3.63, 3.8) is 0 Å². The van der Waals surface area contributed by atoms with Crippen molar-refractivity contribution in [1.29, 1.82) is 0 Å². The van der Waals surface area contributed by atoms with Gasteiger partial charge < -0.3 is 9.32 Å². The number of rotatable bonds is 5. The van der Waals surface area contributed by atoms with E-state index in [1.165, 1.54) is 27.6 Å². The van der Waals surface area contributed by atoms with Crippen LogP contribution in [-0.2, 0) is 0 Å². The maximum absolute atomic E-state index is 6.53. The Morgan fingerprint density at radius 2 is 1.02 bits per heavy atom. The van der Waals surface area contributed by atoms with Gasteiger partial charge in [-0.2, -0.15) is 0 Å². The van der Waals surface area contributed by atoms with Crippen LogP contribution in [-0.4, -0.2) is 0 Å². The topological polar surface area (TPSA) is 16.4 Å². The maximum Gasteiger partial charge on any atom is 0.143 e. The lowest BCUT2D eigenvalue weighted by Gasteiger charge is -2.26. The first-order valence-electron chi connectivity index (χ1n) is 14.3. The van der Waals surface area contributed by atoms with Crippen LogP contribution in [0.4, 0.5) is 17.1 Å². The third kappa shape index (κ3) is 4.13. The zero-order valence-corrected chi connectivity index (χ0v) is 22.9. The van der Waals surface area contributed by atoms with E-state index < -0.39 is 0 Å². The first kappa shape index (κ1) is 24.2. The lowest BCUT2D eigenvalue weighted by atomic mass is 9.99. The minimum atomic E-state index is 0.883. The van der Waals surface area contributed by atoms with Crippen molar-refractivity contribution in [3.8, 4) is 22.3 Å². The number of fused-ring (bicyclic) bond motifs is 5. The van der Waals surface area contributed by atoms with E-state index in [-0.39, 0.29) is 0 Å². The highest BCUT2D eigenvalue weighted by Gasteiger charge is 2.20. The van der Waals surface area contributed by atoms with Crippen LogP contribution in [0, 0.1) is 0 Å². The van der Waals surface area contributed by atoms with Gasteiger partial charge in [0.25, 0.3) is 0 Å². The Bertz CT molecular complexity index is 2180. The molecule has 0 radical (unpaired) electrons. The largest absolute Gasteiger partial charge is 0.455 e. The third-order valence-electron chi connectivity index (χ3n) is 8.05. The quantitative estimate of drug-likeness (QED) is 0.217. The number of hydrogen-bond acceptors (Lipinski definition) is 2. The van der Waals surface area contributed by atoms with Gasteiger partial charge in [0, 0.05) is 22.1 Å². The molecule has 0 aliphatic rings. The summed E-state index contributed by atoms with van der Waals surface area (Å²) in [5, 5.41) is 4.54. The summed E-state index contributed by atoms with van der Waals surface area (Å²) in [4.78, 5) is 2.33. The molecule has 1 aromatic heterocycles. The van der Waals surface area contributed by atoms with Crippen molar-refractivity contribution in [2.45, 2.75) is 0 Å². The van der Waals surface area contributed by atoms with E-state index in [9.17, 15) is 0 Å². The summed E-state index contributed by atoms with van der Waals surface area (Å²) in [5.41, 5.74) is 9.91. The highest BCUT2D eigenvalue weighted by Crippen LogP contribution is 2.44. The zero-order valence-electron chi connectivity index (χ0n) is 22.9. The summed E-state index contributed by atoms with van der Waals surface area (Å²) in [6, 6.07) is 57.9. The maximum atomic E-state index is 6.53. The number of furan rings is 1. The highest BCUT2D eigenvalue weighted by atomic mass is 16.3. The average molecular weight is 538 g/mol. The molecule has 0 fully saturated rings. The van der Waals surface area contributed by atoms with Crippen LogP contribution in [0.1, 0.15) is 0 Å². The van der Waals surface area contributed by atoms with Gasteiger partial charge in [-0.1, -0.05) is 115 Å². The Labute approximate surface area is 244 Å². The Morgan fingerprint density at radius 3 is 1.81 bits per heavy atom.